The van der Waals surface area contributed by atoms with Crippen LogP contribution in [-0.4, -0.2) is 20.2 Å². The Balaban J connectivity index is 1.47. The summed E-state index contributed by atoms with van der Waals surface area (Å²) in [7, 11) is -3.96. The SMILES string of the molecule is Cc1ccc(S(=O)(=O)NC(=O)CCC(=O)Nc2ccc(Oc3ccccc3)cc2)cc1. The second-order valence-electron chi connectivity index (χ2n) is 6.83. The number of hydrogen-bond donors (Lipinski definition) is 2. The number of para-hydroxylation sites is 1. The number of aryl methyl sites for hydroxylation is 1. The van der Waals surface area contributed by atoms with Crippen molar-refractivity contribution >= 4 is 27.5 Å². The average molecular weight is 439 g/mol. The fraction of sp³-hybridized carbons (Fsp3) is 0.130. The highest BCUT2D eigenvalue weighted by molar-refractivity contribution is 7.90. The number of carbonyl (C=O) groups is 2. The first kappa shape index (κ1) is 22.0. The molecule has 3 rings (SSSR count). The van der Waals surface area contributed by atoms with E-state index >= 15 is 0 Å². The fourth-order valence-electron chi connectivity index (χ4n) is 2.66. The molecule has 8 heteroatoms. The van der Waals surface area contributed by atoms with Gasteiger partial charge in [-0.05, 0) is 55.5 Å². The summed E-state index contributed by atoms with van der Waals surface area (Å²) < 4.78 is 32.1. The van der Waals surface area contributed by atoms with Crippen molar-refractivity contribution in [2.45, 2.75) is 24.7 Å². The number of rotatable bonds is 8. The normalized spacial score (nSPS) is 10.9. The monoisotopic (exact) mass is 438 g/mol. The summed E-state index contributed by atoms with van der Waals surface area (Å²) in [6.45, 7) is 1.83. The molecule has 3 aromatic carbocycles. The molecule has 0 unspecified atom stereocenters. The molecular weight excluding hydrogens is 416 g/mol. The number of hydrogen-bond acceptors (Lipinski definition) is 5. The molecule has 0 aliphatic rings. The van der Waals surface area contributed by atoms with E-state index < -0.39 is 21.8 Å². The minimum absolute atomic E-state index is 0.00582. The van der Waals surface area contributed by atoms with E-state index in [-0.39, 0.29) is 17.7 Å². The Morgan fingerprint density at radius 3 is 2.00 bits per heavy atom. The Labute approximate surface area is 181 Å². The minimum Gasteiger partial charge on any atom is -0.457 e. The molecule has 0 aliphatic heterocycles. The molecule has 0 spiro atoms. The van der Waals surface area contributed by atoms with E-state index in [1.54, 1.807) is 36.4 Å². The Morgan fingerprint density at radius 1 is 0.774 bits per heavy atom. The predicted octanol–water partition coefficient (Wildman–Crippen LogP) is 4.01. The molecule has 0 saturated carbocycles. The summed E-state index contributed by atoms with van der Waals surface area (Å²) in [5.74, 6) is 0.165. The largest absolute Gasteiger partial charge is 0.457 e. The molecule has 0 saturated heterocycles. The number of amides is 2. The van der Waals surface area contributed by atoms with Gasteiger partial charge < -0.3 is 10.1 Å². The first-order valence-electron chi connectivity index (χ1n) is 9.57. The molecule has 0 aromatic heterocycles. The molecule has 2 amide bonds. The molecule has 7 nitrogen and oxygen atoms in total. The summed E-state index contributed by atoms with van der Waals surface area (Å²) in [4.78, 5) is 24.1. The van der Waals surface area contributed by atoms with E-state index in [9.17, 15) is 18.0 Å². The number of sulfonamides is 1. The highest BCUT2D eigenvalue weighted by Gasteiger charge is 2.18. The molecule has 160 valence electrons. The van der Waals surface area contributed by atoms with E-state index in [4.69, 9.17) is 4.74 Å². The zero-order valence-corrected chi connectivity index (χ0v) is 17.7. The van der Waals surface area contributed by atoms with Gasteiger partial charge in [0.05, 0.1) is 4.90 Å². The molecule has 0 aliphatic carbocycles. The van der Waals surface area contributed by atoms with Crippen molar-refractivity contribution in [3.63, 3.8) is 0 Å². The smallest absolute Gasteiger partial charge is 0.264 e. The average Bonchev–Trinajstić information content (AvgIpc) is 2.74. The maximum atomic E-state index is 12.2. The highest BCUT2D eigenvalue weighted by atomic mass is 32.2. The number of ether oxygens (including phenoxy) is 1. The van der Waals surface area contributed by atoms with Gasteiger partial charge in [-0.15, -0.1) is 0 Å². The first-order chi connectivity index (χ1) is 14.8. The Bertz CT molecular complexity index is 1140. The van der Waals surface area contributed by atoms with Crippen molar-refractivity contribution in [1.29, 1.82) is 0 Å². The van der Waals surface area contributed by atoms with Crippen molar-refractivity contribution in [2.75, 3.05) is 5.32 Å². The van der Waals surface area contributed by atoms with E-state index in [0.29, 0.717) is 17.2 Å². The number of nitrogens with one attached hydrogen (secondary N) is 2. The maximum absolute atomic E-state index is 12.2. The molecule has 0 bridgehead atoms. The van der Waals surface area contributed by atoms with Crippen molar-refractivity contribution in [3.8, 4) is 11.5 Å². The van der Waals surface area contributed by atoms with Crippen LogP contribution < -0.4 is 14.8 Å². The fourth-order valence-corrected chi connectivity index (χ4v) is 3.67. The quantitative estimate of drug-likeness (QED) is 0.553. The van der Waals surface area contributed by atoms with Crippen LogP contribution in [0.15, 0.2) is 83.8 Å². The Kier molecular flexibility index (Phi) is 7.04. The van der Waals surface area contributed by atoms with Crippen LogP contribution in [-0.2, 0) is 19.6 Å². The second kappa shape index (κ2) is 9.90. The first-order valence-corrected chi connectivity index (χ1v) is 11.1. The van der Waals surface area contributed by atoms with Gasteiger partial charge in [-0.1, -0.05) is 35.9 Å². The van der Waals surface area contributed by atoms with E-state index in [1.807, 2.05) is 42.0 Å². The van der Waals surface area contributed by atoms with Gasteiger partial charge in [-0.2, -0.15) is 0 Å². The molecule has 0 heterocycles. The van der Waals surface area contributed by atoms with E-state index in [2.05, 4.69) is 5.32 Å². The van der Waals surface area contributed by atoms with Crippen molar-refractivity contribution in [1.82, 2.24) is 4.72 Å². The van der Waals surface area contributed by atoms with Crippen LogP contribution in [0.4, 0.5) is 5.69 Å². The van der Waals surface area contributed by atoms with Crippen LogP contribution in [0.25, 0.3) is 0 Å². The van der Waals surface area contributed by atoms with Gasteiger partial charge in [0.2, 0.25) is 11.8 Å². The molecule has 0 radical (unpaired) electrons. The number of benzene rings is 3. The van der Waals surface area contributed by atoms with Gasteiger partial charge in [0.25, 0.3) is 10.0 Å². The summed E-state index contributed by atoms with van der Waals surface area (Å²) in [5.41, 5.74) is 1.44. The molecule has 3 aromatic rings. The maximum Gasteiger partial charge on any atom is 0.264 e. The van der Waals surface area contributed by atoms with Crippen molar-refractivity contribution < 1.29 is 22.7 Å². The van der Waals surface area contributed by atoms with Gasteiger partial charge in [-0.3, -0.25) is 9.59 Å². The topological polar surface area (TPSA) is 102 Å². The van der Waals surface area contributed by atoms with E-state index in [0.717, 1.165) is 5.56 Å². The molecule has 2 N–H and O–H groups in total. The third-order valence-corrected chi connectivity index (χ3v) is 5.66. The predicted molar refractivity (Wildman–Crippen MR) is 117 cm³/mol. The van der Waals surface area contributed by atoms with Gasteiger partial charge >= 0.3 is 0 Å². The number of anilines is 1. The lowest BCUT2D eigenvalue weighted by molar-refractivity contribution is -0.123. The third-order valence-electron chi connectivity index (χ3n) is 4.28. The second-order valence-corrected chi connectivity index (χ2v) is 8.51. The van der Waals surface area contributed by atoms with Crippen LogP contribution in [0.5, 0.6) is 11.5 Å². The third kappa shape index (κ3) is 6.68. The summed E-state index contributed by atoms with van der Waals surface area (Å²) >= 11 is 0. The van der Waals surface area contributed by atoms with Gasteiger partial charge in [0.1, 0.15) is 11.5 Å². The van der Waals surface area contributed by atoms with Gasteiger partial charge in [0.15, 0.2) is 0 Å². The highest BCUT2D eigenvalue weighted by Crippen LogP contribution is 2.22. The molecule has 31 heavy (non-hydrogen) atoms. The van der Waals surface area contributed by atoms with Crippen molar-refractivity contribution in [3.05, 3.63) is 84.4 Å². The van der Waals surface area contributed by atoms with Gasteiger partial charge in [-0.25, -0.2) is 13.1 Å². The molecule has 0 atom stereocenters. The van der Waals surface area contributed by atoms with E-state index in [1.165, 1.54) is 12.1 Å². The van der Waals surface area contributed by atoms with Crippen LogP contribution in [0.3, 0.4) is 0 Å². The standard InChI is InChI=1S/C23H22N2O5S/c1-17-7-13-21(14-8-17)31(28,29)25-23(27)16-15-22(26)24-18-9-11-20(12-10-18)30-19-5-3-2-4-6-19/h2-14H,15-16H2,1H3,(H,24,26)(H,25,27). The van der Waals surface area contributed by atoms with Gasteiger partial charge in [0, 0.05) is 18.5 Å². The molecule has 0 fully saturated rings. The summed E-state index contributed by atoms with van der Waals surface area (Å²) in [5, 5.41) is 2.67. The summed E-state index contributed by atoms with van der Waals surface area (Å²) in [6, 6.07) is 22.2. The number of carbonyl (C=O) groups excluding carboxylic acids is 2. The van der Waals surface area contributed by atoms with Crippen LogP contribution in [0, 0.1) is 6.92 Å². The van der Waals surface area contributed by atoms with Crippen molar-refractivity contribution in [2.24, 2.45) is 0 Å². The lowest BCUT2D eigenvalue weighted by Gasteiger charge is -2.09. The lowest BCUT2D eigenvalue weighted by Crippen LogP contribution is -2.31. The van der Waals surface area contributed by atoms with Crippen LogP contribution >= 0.6 is 0 Å². The zero-order valence-electron chi connectivity index (χ0n) is 16.9. The minimum atomic E-state index is -3.96. The van der Waals surface area contributed by atoms with Crippen LogP contribution in [0.2, 0.25) is 0 Å². The lowest BCUT2D eigenvalue weighted by atomic mass is 10.2. The van der Waals surface area contributed by atoms with Crippen LogP contribution in [0.1, 0.15) is 18.4 Å². The Morgan fingerprint density at radius 2 is 1.35 bits per heavy atom. The Hall–Kier alpha value is -3.65. The molecular formula is C23H22N2O5S. The zero-order chi connectivity index (χ0) is 22.3. The summed E-state index contributed by atoms with van der Waals surface area (Å²) in [6.07, 6.45) is -0.413.